The summed E-state index contributed by atoms with van der Waals surface area (Å²) in [6.07, 6.45) is -0.505. The molecule has 3 heterocycles. The van der Waals surface area contributed by atoms with Gasteiger partial charge in [0.15, 0.2) is 17.4 Å². The maximum atomic E-state index is 12.3. The topological polar surface area (TPSA) is 131 Å². The van der Waals surface area contributed by atoms with Crippen molar-refractivity contribution < 1.29 is 19.4 Å². The number of methoxy groups -OCH3 is 1. The van der Waals surface area contributed by atoms with Crippen molar-refractivity contribution in [2.24, 2.45) is 5.92 Å². The minimum Gasteiger partial charge on any atom is -0.388 e. The van der Waals surface area contributed by atoms with E-state index in [1.807, 2.05) is 6.92 Å². The Morgan fingerprint density at radius 2 is 2.27 bits per heavy atom. The predicted molar refractivity (Wildman–Crippen MR) is 92.6 cm³/mol. The maximum absolute atomic E-state index is 12.3. The van der Waals surface area contributed by atoms with E-state index in [-0.39, 0.29) is 28.9 Å². The van der Waals surface area contributed by atoms with Gasteiger partial charge in [0.1, 0.15) is 12.2 Å². The summed E-state index contributed by atoms with van der Waals surface area (Å²) in [4.78, 5) is 35.1. The number of ether oxygens (including phenoxy) is 2. The Bertz CT molecular complexity index is 860. The van der Waals surface area contributed by atoms with Crippen molar-refractivity contribution >= 4 is 23.0 Å². The number of aliphatic hydroxyl groups excluding tert-OH is 1. The van der Waals surface area contributed by atoms with Gasteiger partial charge in [-0.2, -0.15) is 4.98 Å². The first kappa shape index (κ1) is 18.5. The zero-order chi connectivity index (χ0) is 19.0. The van der Waals surface area contributed by atoms with Crippen LogP contribution in [-0.4, -0.2) is 56.0 Å². The molecule has 1 aliphatic heterocycles. The number of aromatic amines is 1. The molecule has 0 radical (unpaired) electrons. The average Bonchev–Trinajstić information content (AvgIpc) is 3.15. The van der Waals surface area contributed by atoms with Gasteiger partial charge < -0.3 is 14.6 Å². The Morgan fingerprint density at radius 1 is 1.54 bits per heavy atom. The van der Waals surface area contributed by atoms with Crippen molar-refractivity contribution in [3.8, 4) is 0 Å². The van der Waals surface area contributed by atoms with E-state index >= 15 is 0 Å². The average molecular weight is 365 g/mol. The molecule has 1 amide bonds. The molecule has 0 saturated carbocycles. The molecule has 142 valence electrons. The minimum absolute atomic E-state index is 0.0301. The molecule has 1 saturated heterocycles. The van der Waals surface area contributed by atoms with E-state index in [2.05, 4.69) is 20.3 Å². The molecule has 0 aliphatic carbocycles. The molecule has 10 heteroatoms. The number of carbonyl (C=O) groups excluding carboxylic acids is 1. The first-order valence-corrected chi connectivity index (χ1v) is 8.51. The van der Waals surface area contributed by atoms with E-state index in [9.17, 15) is 14.7 Å². The van der Waals surface area contributed by atoms with E-state index in [0.717, 1.165) is 0 Å². The van der Waals surface area contributed by atoms with Crippen LogP contribution in [0.25, 0.3) is 11.2 Å². The van der Waals surface area contributed by atoms with E-state index < -0.39 is 30.1 Å². The maximum Gasteiger partial charge on any atom is 0.280 e. The normalized spacial score (nSPS) is 25.9. The number of aliphatic hydroxyl groups is 1. The van der Waals surface area contributed by atoms with Gasteiger partial charge in [-0.1, -0.05) is 20.8 Å². The van der Waals surface area contributed by atoms with Gasteiger partial charge in [-0.15, -0.1) is 0 Å². The molecule has 2 aromatic rings. The highest BCUT2D eigenvalue weighted by atomic mass is 16.6. The molecule has 1 aliphatic rings. The second-order valence-electron chi connectivity index (χ2n) is 6.55. The fourth-order valence-corrected chi connectivity index (χ4v) is 2.97. The number of anilines is 1. The van der Waals surface area contributed by atoms with Crippen LogP contribution in [0.1, 0.15) is 33.4 Å². The summed E-state index contributed by atoms with van der Waals surface area (Å²) < 4.78 is 12.8. The number of hydrogen-bond acceptors (Lipinski definition) is 7. The Morgan fingerprint density at radius 3 is 2.88 bits per heavy atom. The molecule has 2 aromatic heterocycles. The smallest absolute Gasteiger partial charge is 0.280 e. The number of rotatable bonds is 5. The first-order chi connectivity index (χ1) is 12.4. The predicted octanol–water partition coefficient (Wildman–Crippen LogP) is 0.397. The van der Waals surface area contributed by atoms with E-state index in [1.165, 1.54) is 13.4 Å². The summed E-state index contributed by atoms with van der Waals surface area (Å²) in [5, 5.41) is 12.9. The van der Waals surface area contributed by atoms with Gasteiger partial charge in [0.25, 0.3) is 5.56 Å². The largest absolute Gasteiger partial charge is 0.388 e. The van der Waals surface area contributed by atoms with Crippen LogP contribution in [-0.2, 0) is 14.3 Å². The highest BCUT2D eigenvalue weighted by molar-refractivity contribution is 5.91. The van der Waals surface area contributed by atoms with Crippen LogP contribution in [0, 0.1) is 5.92 Å². The Hall–Kier alpha value is -2.30. The van der Waals surface area contributed by atoms with Gasteiger partial charge in [0.05, 0.1) is 12.4 Å². The number of H-pyrrole nitrogens is 1. The lowest BCUT2D eigenvalue weighted by molar-refractivity contribution is -0.118. The van der Waals surface area contributed by atoms with Crippen LogP contribution < -0.4 is 10.9 Å². The molecular weight excluding hydrogens is 342 g/mol. The van der Waals surface area contributed by atoms with Gasteiger partial charge in [-0.25, -0.2) is 4.98 Å². The summed E-state index contributed by atoms with van der Waals surface area (Å²) in [5.74, 6) is -0.508. The van der Waals surface area contributed by atoms with Crippen molar-refractivity contribution in [1.82, 2.24) is 19.5 Å². The van der Waals surface area contributed by atoms with Crippen molar-refractivity contribution in [2.45, 2.75) is 51.7 Å². The quantitative estimate of drug-likeness (QED) is 0.699. The molecule has 0 bridgehead atoms. The summed E-state index contributed by atoms with van der Waals surface area (Å²) >= 11 is 0. The number of carbonyl (C=O) groups is 1. The minimum atomic E-state index is -0.811. The zero-order valence-corrected chi connectivity index (χ0v) is 15.1. The lowest BCUT2D eigenvalue weighted by Crippen LogP contribution is -2.33. The van der Waals surface area contributed by atoms with Crippen molar-refractivity contribution in [3.63, 3.8) is 0 Å². The number of hydrogen-bond donors (Lipinski definition) is 3. The molecule has 3 rings (SSSR count). The third kappa shape index (κ3) is 3.11. The molecular formula is C16H23N5O5. The fraction of sp³-hybridized carbons (Fsp3) is 0.625. The van der Waals surface area contributed by atoms with Gasteiger partial charge >= 0.3 is 0 Å². The Labute approximate surface area is 149 Å². The summed E-state index contributed by atoms with van der Waals surface area (Å²) in [5.41, 5.74) is -0.128. The first-order valence-electron chi connectivity index (χ1n) is 8.51. The highest BCUT2D eigenvalue weighted by Gasteiger charge is 2.44. The highest BCUT2D eigenvalue weighted by Crippen LogP contribution is 2.34. The molecule has 4 unspecified atom stereocenters. The molecule has 4 atom stereocenters. The Balaban J connectivity index is 2.03. The van der Waals surface area contributed by atoms with Crippen molar-refractivity contribution in [2.75, 3.05) is 12.4 Å². The third-order valence-electron chi connectivity index (χ3n) is 4.46. The van der Waals surface area contributed by atoms with E-state index in [4.69, 9.17) is 9.47 Å². The summed E-state index contributed by atoms with van der Waals surface area (Å²) in [6, 6.07) is 0. The fourth-order valence-electron chi connectivity index (χ4n) is 2.97. The number of imidazole rings is 1. The Kier molecular flexibility index (Phi) is 5.08. The van der Waals surface area contributed by atoms with E-state index in [0.29, 0.717) is 6.42 Å². The van der Waals surface area contributed by atoms with Crippen molar-refractivity contribution in [1.29, 1.82) is 0 Å². The van der Waals surface area contributed by atoms with Gasteiger partial charge in [0.2, 0.25) is 11.9 Å². The molecule has 0 aromatic carbocycles. The van der Waals surface area contributed by atoms with Crippen LogP contribution in [0.3, 0.4) is 0 Å². The molecule has 3 N–H and O–H groups in total. The lowest BCUT2D eigenvalue weighted by atomic mass is 10.1. The van der Waals surface area contributed by atoms with Crippen LogP contribution >= 0.6 is 0 Å². The van der Waals surface area contributed by atoms with Crippen LogP contribution in [0.5, 0.6) is 0 Å². The number of amides is 1. The number of nitrogens with one attached hydrogen (secondary N) is 2. The number of fused-ring (bicyclic) bond motifs is 1. The van der Waals surface area contributed by atoms with Gasteiger partial charge in [-0.3, -0.25) is 24.5 Å². The summed E-state index contributed by atoms with van der Waals surface area (Å²) in [6.45, 7) is 5.37. The molecule has 0 spiro atoms. The monoisotopic (exact) mass is 365 g/mol. The second kappa shape index (κ2) is 7.14. The van der Waals surface area contributed by atoms with Gasteiger partial charge in [0, 0.05) is 13.0 Å². The standard InChI is InChI=1S/C16H23N5O5/c1-5-8-10(22)11(25-4)15(26-8)21-6-17-9-12(21)18-16(20-14(9)24)19-13(23)7(2)3/h6-8,10-11,15,22H,5H2,1-4H3,(H2,18,19,20,23,24). The summed E-state index contributed by atoms with van der Waals surface area (Å²) in [7, 11) is 1.48. The zero-order valence-electron chi connectivity index (χ0n) is 15.1. The van der Waals surface area contributed by atoms with E-state index in [1.54, 1.807) is 18.4 Å². The number of aromatic nitrogens is 4. The molecule has 10 nitrogen and oxygen atoms in total. The third-order valence-corrected chi connectivity index (χ3v) is 4.46. The van der Waals surface area contributed by atoms with Gasteiger partial charge in [-0.05, 0) is 6.42 Å². The van der Waals surface area contributed by atoms with Crippen molar-refractivity contribution in [3.05, 3.63) is 16.7 Å². The lowest BCUT2D eigenvalue weighted by Gasteiger charge is -2.20. The second-order valence-corrected chi connectivity index (χ2v) is 6.55. The number of nitrogens with zero attached hydrogens (tertiary/aromatic N) is 3. The molecule has 1 fully saturated rings. The van der Waals surface area contributed by atoms with Crippen LogP contribution in [0.2, 0.25) is 0 Å². The SMILES string of the molecule is CCC1OC(n2cnc3c(=O)[nH]c(NC(=O)C(C)C)nc32)C(OC)C1O. The molecule has 26 heavy (non-hydrogen) atoms. The van der Waals surface area contributed by atoms with Crippen LogP contribution in [0.15, 0.2) is 11.1 Å². The van der Waals surface area contributed by atoms with Crippen LogP contribution in [0.4, 0.5) is 5.95 Å².